The Kier molecular flexibility index (Phi) is 5.16. The number of aromatic hydroxyl groups is 1. The van der Waals surface area contributed by atoms with Crippen LogP contribution in [0.15, 0.2) is 65.8 Å². The summed E-state index contributed by atoms with van der Waals surface area (Å²) in [5.74, 6) is 0.0786. The van der Waals surface area contributed by atoms with Gasteiger partial charge in [0.25, 0.3) is 5.91 Å². The van der Waals surface area contributed by atoms with Crippen molar-refractivity contribution in [2.45, 2.75) is 0 Å². The predicted octanol–water partition coefficient (Wildman–Crippen LogP) is 3.73. The van der Waals surface area contributed by atoms with E-state index in [4.69, 9.17) is 16.3 Å². The van der Waals surface area contributed by atoms with Crippen LogP contribution in [-0.2, 0) is 4.79 Å². The topological polar surface area (TPSA) is 70.9 Å². The number of phenolic OH excluding ortho intramolecular Hbond substituents is 1. The highest BCUT2D eigenvalue weighted by Crippen LogP contribution is 2.25. The molecular weight excluding hydrogens is 340 g/mol. The fourth-order valence-corrected chi connectivity index (χ4v) is 2.52. The van der Waals surface area contributed by atoms with Crippen molar-refractivity contribution in [2.75, 3.05) is 6.61 Å². The van der Waals surface area contributed by atoms with Crippen molar-refractivity contribution in [3.05, 3.63) is 71.2 Å². The molecule has 0 saturated heterocycles. The van der Waals surface area contributed by atoms with Crippen molar-refractivity contribution in [2.24, 2.45) is 5.10 Å². The van der Waals surface area contributed by atoms with Crippen molar-refractivity contribution in [3.63, 3.8) is 0 Å². The highest BCUT2D eigenvalue weighted by atomic mass is 35.5. The molecule has 0 fully saturated rings. The molecule has 1 amide bonds. The second-order valence-corrected chi connectivity index (χ2v) is 5.64. The predicted molar refractivity (Wildman–Crippen MR) is 98.3 cm³/mol. The number of amides is 1. The number of rotatable bonds is 5. The number of phenols is 1. The molecule has 126 valence electrons. The van der Waals surface area contributed by atoms with Gasteiger partial charge in [0.15, 0.2) is 6.61 Å². The quantitative estimate of drug-likeness (QED) is 0.541. The minimum Gasteiger partial charge on any atom is -0.507 e. The Balaban J connectivity index is 1.64. The van der Waals surface area contributed by atoms with Crippen molar-refractivity contribution >= 4 is 34.5 Å². The summed E-state index contributed by atoms with van der Waals surface area (Å²) in [7, 11) is 0. The van der Waals surface area contributed by atoms with E-state index in [2.05, 4.69) is 10.5 Å². The van der Waals surface area contributed by atoms with Crippen LogP contribution in [-0.4, -0.2) is 23.8 Å². The molecule has 0 aliphatic heterocycles. The molecule has 0 aliphatic rings. The van der Waals surface area contributed by atoms with Crippen LogP contribution in [0.5, 0.6) is 11.5 Å². The van der Waals surface area contributed by atoms with E-state index in [1.54, 1.807) is 30.3 Å². The maximum atomic E-state index is 11.8. The molecule has 0 spiro atoms. The average molecular weight is 355 g/mol. The monoisotopic (exact) mass is 354 g/mol. The van der Waals surface area contributed by atoms with Crippen molar-refractivity contribution in [1.29, 1.82) is 0 Å². The molecule has 3 aromatic rings. The standard InChI is InChI=1S/C19H15ClN2O3/c20-16-7-3-4-8-18(16)25-12-19(24)22-21-11-15-14-6-2-1-5-13(14)9-10-17(15)23/h1-11,23H,12H2,(H,22,24)/b21-11-. The number of para-hydroxylation sites is 1. The van der Waals surface area contributed by atoms with E-state index in [-0.39, 0.29) is 12.4 Å². The minimum atomic E-state index is -0.434. The van der Waals surface area contributed by atoms with Gasteiger partial charge in [0.2, 0.25) is 0 Å². The Morgan fingerprint density at radius 1 is 1.12 bits per heavy atom. The number of carbonyl (C=O) groups is 1. The van der Waals surface area contributed by atoms with E-state index in [1.165, 1.54) is 6.21 Å². The number of carbonyl (C=O) groups excluding carboxylic acids is 1. The van der Waals surface area contributed by atoms with Crippen LogP contribution in [0, 0.1) is 0 Å². The Labute approximate surface area is 149 Å². The van der Waals surface area contributed by atoms with Crippen LogP contribution in [0.4, 0.5) is 0 Å². The number of nitrogens with one attached hydrogen (secondary N) is 1. The summed E-state index contributed by atoms with van der Waals surface area (Å²) in [6.45, 7) is -0.220. The summed E-state index contributed by atoms with van der Waals surface area (Å²) in [6, 6.07) is 17.9. The van der Waals surface area contributed by atoms with Gasteiger partial charge in [0.1, 0.15) is 11.5 Å². The van der Waals surface area contributed by atoms with Gasteiger partial charge in [-0.25, -0.2) is 5.43 Å². The van der Waals surface area contributed by atoms with E-state index >= 15 is 0 Å². The van der Waals surface area contributed by atoms with Crippen molar-refractivity contribution in [3.8, 4) is 11.5 Å². The van der Waals surface area contributed by atoms with Gasteiger partial charge in [-0.15, -0.1) is 0 Å². The zero-order valence-electron chi connectivity index (χ0n) is 13.1. The molecule has 25 heavy (non-hydrogen) atoms. The summed E-state index contributed by atoms with van der Waals surface area (Å²) in [5.41, 5.74) is 2.90. The second kappa shape index (κ2) is 7.68. The lowest BCUT2D eigenvalue weighted by Gasteiger charge is -2.07. The fourth-order valence-electron chi connectivity index (χ4n) is 2.33. The summed E-state index contributed by atoms with van der Waals surface area (Å²) in [5, 5.41) is 16.1. The minimum absolute atomic E-state index is 0.0871. The third kappa shape index (κ3) is 4.08. The Hall–Kier alpha value is -3.05. The highest BCUT2D eigenvalue weighted by Gasteiger charge is 2.06. The summed E-state index contributed by atoms with van der Waals surface area (Å²) in [6.07, 6.45) is 1.41. The number of benzene rings is 3. The molecular formula is C19H15ClN2O3. The van der Waals surface area contributed by atoms with E-state index in [0.717, 1.165) is 10.8 Å². The van der Waals surface area contributed by atoms with Gasteiger partial charge in [-0.2, -0.15) is 5.10 Å². The molecule has 5 nitrogen and oxygen atoms in total. The fraction of sp³-hybridized carbons (Fsp3) is 0.0526. The number of nitrogens with zero attached hydrogens (tertiary/aromatic N) is 1. The van der Waals surface area contributed by atoms with Crippen LogP contribution < -0.4 is 10.2 Å². The average Bonchev–Trinajstić information content (AvgIpc) is 2.63. The molecule has 3 aromatic carbocycles. The lowest BCUT2D eigenvalue weighted by Crippen LogP contribution is -2.24. The molecule has 2 N–H and O–H groups in total. The Bertz CT molecular complexity index is 941. The molecule has 0 aliphatic carbocycles. The SMILES string of the molecule is O=C(COc1ccccc1Cl)N/N=C\c1c(O)ccc2ccccc12. The first-order valence-corrected chi connectivity index (χ1v) is 7.93. The summed E-state index contributed by atoms with van der Waals surface area (Å²) in [4.78, 5) is 11.8. The number of hydrogen-bond acceptors (Lipinski definition) is 4. The maximum Gasteiger partial charge on any atom is 0.277 e. The van der Waals surface area contributed by atoms with E-state index < -0.39 is 5.91 Å². The van der Waals surface area contributed by atoms with Gasteiger partial charge in [-0.1, -0.05) is 54.1 Å². The zero-order chi connectivity index (χ0) is 17.6. The van der Waals surface area contributed by atoms with Gasteiger partial charge in [0, 0.05) is 5.56 Å². The van der Waals surface area contributed by atoms with Crippen LogP contribution in [0.1, 0.15) is 5.56 Å². The number of halogens is 1. The highest BCUT2D eigenvalue weighted by molar-refractivity contribution is 6.32. The molecule has 0 saturated carbocycles. The normalized spacial score (nSPS) is 10.9. The van der Waals surface area contributed by atoms with Gasteiger partial charge < -0.3 is 9.84 Å². The number of fused-ring (bicyclic) bond motifs is 1. The van der Waals surface area contributed by atoms with Crippen LogP contribution in [0.25, 0.3) is 10.8 Å². The van der Waals surface area contributed by atoms with E-state index in [9.17, 15) is 9.90 Å². The van der Waals surface area contributed by atoms with Crippen LogP contribution >= 0.6 is 11.6 Å². The maximum absolute atomic E-state index is 11.8. The summed E-state index contributed by atoms with van der Waals surface area (Å²) >= 11 is 5.95. The molecule has 3 rings (SSSR count). The van der Waals surface area contributed by atoms with Crippen molar-refractivity contribution in [1.82, 2.24) is 5.43 Å². The van der Waals surface area contributed by atoms with Gasteiger partial charge in [0.05, 0.1) is 11.2 Å². The first-order valence-electron chi connectivity index (χ1n) is 7.55. The van der Waals surface area contributed by atoms with Gasteiger partial charge >= 0.3 is 0 Å². The molecule has 0 radical (unpaired) electrons. The number of ether oxygens (including phenoxy) is 1. The molecule has 6 heteroatoms. The Morgan fingerprint density at radius 3 is 2.72 bits per heavy atom. The third-order valence-electron chi connectivity index (χ3n) is 3.53. The molecule has 0 bridgehead atoms. The van der Waals surface area contributed by atoms with E-state index in [1.807, 2.05) is 30.3 Å². The first kappa shape index (κ1) is 16.8. The molecule has 0 atom stereocenters. The second-order valence-electron chi connectivity index (χ2n) is 5.23. The van der Waals surface area contributed by atoms with Crippen molar-refractivity contribution < 1.29 is 14.6 Å². The summed E-state index contributed by atoms with van der Waals surface area (Å²) < 4.78 is 5.33. The van der Waals surface area contributed by atoms with Gasteiger partial charge in [-0.05, 0) is 29.0 Å². The van der Waals surface area contributed by atoms with Gasteiger partial charge in [-0.3, -0.25) is 4.79 Å². The van der Waals surface area contributed by atoms with E-state index in [0.29, 0.717) is 16.3 Å². The lowest BCUT2D eigenvalue weighted by molar-refractivity contribution is -0.123. The van der Waals surface area contributed by atoms with Crippen LogP contribution in [0.2, 0.25) is 5.02 Å². The lowest BCUT2D eigenvalue weighted by atomic mass is 10.0. The Morgan fingerprint density at radius 2 is 1.88 bits per heavy atom. The smallest absolute Gasteiger partial charge is 0.277 e. The molecule has 0 unspecified atom stereocenters. The third-order valence-corrected chi connectivity index (χ3v) is 3.84. The largest absolute Gasteiger partial charge is 0.507 e. The first-order chi connectivity index (χ1) is 12.1. The number of hydrazone groups is 1. The van der Waals surface area contributed by atoms with Crippen LogP contribution in [0.3, 0.4) is 0 Å². The number of hydrogen-bond donors (Lipinski definition) is 2. The molecule has 0 heterocycles. The molecule has 0 aromatic heterocycles. The zero-order valence-corrected chi connectivity index (χ0v) is 13.9.